The minimum absolute atomic E-state index is 0.308. The Bertz CT molecular complexity index is 593. The molecule has 3 rings (SSSR count). The van der Waals surface area contributed by atoms with Gasteiger partial charge in [-0.05, 0) is 39.2 Å². The first-order valence-electron chi connectivity index (χ1n) is 8.81. The number of benzene rings is 1. The van der Waals surface area contributed by atoms with Crippen LogP contribution in [0.15, 0.2) is 24.3 Å². The molecule has 138 valence electrons. The van der Waals surface area contributed by atoms with Gasteiger partial charge in [0, 0.05) is 18.7 Å². The molecular formula is C19H27NO5. The quantitative estimate of drug-likeness (QED) is 0.889. The van der Waals surface area contributed by atoms with Gasteiger partial charge < -0.3 is 24.2 Å². The molecule has 0 aliphatic carbocycles. The van der Waals surface area contributed by atoms with E-state index in [1.807, 2.05) is 45.0 Å². The van der Waals surface area contributed by atoms with E-state index in [2.05, 4.69) is 0 Å². The van der Waals surface area contributed by atoms with Crippen molar-refractivity contribution in [3.8, 4) is 0 Å². The molecule has 2 heterocycles. The fourth-order valence-corrected chi connectivity index (χ4v) is 3.18. The lowest BCUT2D eigenvalue weighted by Gasteiger charge is -2.39. The number of ether oxygens (including phenoxy) is 3. The van der Waals surface area contributed by atoms with Crippen LogP contribution in [-0.4, -0.2) is 48.0 Å². The highest BCUT2D eigenvalue weighted by atomic mass is 16.7. The summed E-state index contributed by atoms with van der Waals surface area (Å²) < 4.78 is 16.4. The fraction of sp³-hybridized carbons (Fsp3) is 0.632. The lowest BCUT2D eigenvalue weighted by atomic mass is 9.84. The van der Waals surface area contributed by atoms with Crippen LogP contribution >= 0.6 is 0 Å². The summed E-state index contributed by atoms with van der Waals surface area (Å²) in [7, 11) is 0. The summed E-state index contributed by atoms with van der Waals surface area (Å²) >= 11 is 0. The first-order chi connectivity index (χ1) is 11.8. The molecule has 6 nitrogen and oxygen atoms in total. The minimum atomic E-state index is -0.922. The summed E-state index contributed by atoms with van der Waals surface area (Å²) in [4.78, 5) is 13.8. The van der Waals surface area contributed by atoms with Gasteiger partial charge in [0.05, 0.1) is 18.8 Å². The Morgan fingerprint density at radius 1 is 1.16 bits per heavy atom. The summed E-state index contributed by atoms with van der Waals surface area (Å²) in [6, 6.07) is 7.71. The molecule has 1 aromatic carbocycles. The molecule has 0 radical (unpaired) electrons. The third kappa shape index (κ3) is 4.32. The van der Waals surface area contributed by atoms with E-state index in [1.165, 1.54) is 0 Å². The van der Waals surface area contributed by atoms with E-state index in [4.69, 9.17) is 14.2 Å². The van der Waals surface area contributed by atoms with E-state index in [9.17, 15) is 9.90 Å². The van der Waals surface area contributed by atoms with Crippen molar-refractivity contribution in [1.29, 1.82) is 0 Å². The Labute approximate surface area is 148 Å². The second-order valence-corrected chi connectivity index (χ2v) is 7.69. The van der Waals surface area contributed by atoms with Crippen molar-refractivity contribution in [1.82, 2.24) is 4.90 Å². The normalized spacial score (nSPS) is 21.4. The number of amides is 1. The van der Waals surface area contributed by atoms with Crippen molar-refractivity contribution in [3.05, 3.63) is 35.4 Å². The molecule has 0 aromatic heterocycles. The highest BCUT2D eigenvalue weighted by Gasteiger charge is 2.36. The molecule has 1 amide bonds. The van der Waals surface area contributed by atoms with Crippen molar-refractivity contribution in [2.75, 3.05) is 26.3 Å². The summed E-state index contributed by atoms with van der Waals surface area (Å²) in [5, 5.41) is 11.0. The summed E-state index contributed by atoms with van der Waals surface area (Å²) in [6.45, 7) is 7.72. The number of rotatable bonds is 2. The third-order valence-corrected chi connectivity index (χ3v) is 4.58. The SMILES string of the molecule is CC(C)(C)OC(=O)N1CCC(O)(c2ccc(C3OCCO3)cc2)CC1. The number of hydrogen-bond acceptors (Lipinski definition) is 5. The van der Waals surface area contributed by atoms with Crippen molar-refractivity contribution >= 4 is 6.09 Å². The molecule has 1 aromatic rings. The molecule has 2 saturated heterocycles. The summed E-state index contributed by atoms with van der Waals surface area (Å²) in [6.07, 6.45) is 0.350. The van der Waals surface area contributed by atoms with Gasteiger partial charge in [-0.2, -0.15) is 0 Å². The van der Waals surface area contributed by atoms with Crippen molar-refractivity contribution in [2.45, 2.75) is 51.1 Å². The van der Waals surface area contributed by atoms with Gasteiger partial charge in [0.25, 0.3) is 0 Å². The smallest absolute Gasteiger partial charge is 0.410 e. The predicted octanol–water partition coefficient (Wildman–Crippen LogP) is 2.95. The second-order valence-electron chi connectivity index (χ2n) is 7.69. The van der Waals surface area contributed by atoms with Crippen LogP contribution < -0.4 is 0 Å². The van der Waals surface area contributed by atoms with Gasteiger partial charge in [0.15, 0.2) is 6.29 Å². The molecule has 0 bridgehead atoms. The van der Waals surface area contributed by atoms with Gasteiger partial charge in [0.2, 0.25) is 0 Å². The predicted molar refractivity (Wildman–Crippen MR) is 92.0 cm³/mol. The van der Waals surface area contributed by atoms with Gasteiger partial charge in [0.1, 0.15) is 5.60 Å². The van der Waals surface area contributed by atoms with Gasteiger partial charge in [-0.3, -0.25) is 0 Å². The zero-order chi connectivity index (χ0) is 18.1. The van der Waals surface area contributed by atoms with E-state index in [-0.39, 0.29) is 12.4 Å². The van der Waals surface area contributed by atoms with Crippen LogP contribution in [0.4, 0.5) is 4.79 Å². The Hall–Kier alpha value is -1.63. The molecule has 25 heavy (non-hydrogen) atoms. The van der Waals surface area contributed by atoms with Gasteiger partial charge in [-0.1, -0.05) is 24.3 Å². The molecule has 2 aliphatic rings. The second kappa shape index (κ2) is 6.94. The molecule has 1 N–H and O–H groups in total. The Balaban J connectivity index is 1.61. The number of piperidine rings is 1. The van der Waals surface area contributed by atoms with Gasteiger partial charge in [-0.25, -0.2) is 4.79 Å². The van der Waals surface area contributed by atoms with Crippen LogP contribution in [0.25, 0.3) is 0 Å². The number of aliphatic hydroxyl groups is 1. The maximum absolute atomic E-state index is 12.1. The fourth-order valence-electron chi connectivity index (χ4n) is 3.18. The van der Waals surface area contributed by atoms with Crippen LogP contribution in [0.3, 0.4) is 0 Å². The first-order valence-corrected chi connectivity index (χ1v) is 8.81. The lowest BCUT2D eigenvalue weighted by molar-refractivity contribution is -0.0449. The summed E-state index contributed by atoms with van der Waals surface area (Å²) in [5.74, 6) is 0. The largest absolute Gasteiger partial charge is 0.444 e. The first kappa shape index (κ1) is 18.2. The molecule has 0 atom stereocenters. The monoisotopic (exact) mass is 349 g/mol. The molecule has 0 saturated carbocycles. The minimum Gasteiger partial charge on any atom is -0.444 e. The molecule has 2 fully saturated rings. The van der Waals surface area contributed by atoms with Gasteiger partial charge >= 0.3 is 6.09 Å². The lowest BCUT2D eigenvalue weighted by Crippen LogP contribution is -2.46. The molecule has 2 aliphatic heterocycles. The topological polar surface area (TPSA) is 68.2 Å². The Kier molecular flexibility index (Phi) is 5.04. The van der Waals surface area contributed by atoms with E-state index in [1.54, 1.807) is 4.90 Å². The zero-order valence-electron chi connectivity index (χ0n) is 15.2. The molecule has 0 spiro atoms. The summed E-state index contributed by atoms with van der Waals surface area (Å²) in [5.41, 5.74) is 0.383. The van der Waals surface area contributed by atoms with E-state index < -0.39 is 11.2 Å². The van der Waals surface area contributed by atoms with Crippen molar-refractivity contribution in [3.63, 3.8) is 0 Å². The average Bonchev–Trinajstić information content (AvgIpc) is 3.08. The van der Waals surface area contributed by atoms with Gasteiger partial charge in [-0.15, -0.1) is 0 Å². The highest BCUT2D eigenvalue weighted by molar-refractivity contribution is 5.68. The molecule has 0 unspecified atom stereocenters. The highest BCUT2D eigenvalue weighted by Crippen LogP contribution is 2.34. The maximum atomic E-state index is 12.1. The van der Waals surface area contributed by atoms with Crippen LogP contribution in [0.5, 0.6) is 0 Å². The standard InChI is InChI=1S/C19H27NO5/c1-18(2,3)25-17(21)20-10-8-19(22,9-11-20)15-6-4-14(5-7-15)16-23-12-13-24-16/h4-7,16,22H,8-13H2,1-3H3. The van der Waals surface area contributed by atoms with Crippen molar-refractivity contribution in [2.24, 2.45) is 0 Å². The van der Waals surface area contributed by atoms with E-state index in [0.29, 0.717) is 39.1 Å². The Morgan fingerprint density at radius 2 is 1.72 bits per heavy atom. The zero-order valence-corrected chi connectivity index (χ0v) is 15.2. The Morgan fingerprint density at radius 3 is 2.24 bits per heavy atom. The average molecular weight is 349 g/mol. The number of carbonyl (C=O) groups is 1. The van der Waals surface area contributed by atoms with E-state index >= 15 is 0 Å². The van der Waals surface area contributed by atoms with Crippen LogP contribution in [-0.2, 0) is 19.8 Å². The third-order valence-electron chi connectivity index (χ3n) is 4.58. The van der Waals surface area contributed by atoms with Crippen LogP contribution in [0.2, 0.25) is 0 Å². The molecule has 6 heteroatoms. The van der Waals surface area contributed by atoms with E-state index in [0.717, 1.165) is 11.1 Å². The van der Waals surface area contributed by atoms with Crippen molar-refractivity contribution < 1.29 is 24.1 Å². The molecular weight excluding hydrogens is 322 g/mol. The number of likely N-dealkylation sites (tertiary alicyclic amines) is 1. The number of nitrogens with zero attached hydrogens (tertiary/aromatic N) is 1. The van der Waals surface area contributed by atoms with Crippen LogP contribution in [0, 0.1) is 0 Å². The maximum Gasteiger partial charge on any atom is 0.410 e. The number of carbonyl (C=O) groups excluding carboxylic acids is 1. The van der Waals surface area contributed by atoms with Crippen LogP contribution in [0.1, 0.15) is 51.0 Å². The number of hydrogen-bond donors (Lipinski definition) is 1.